The first-order valence-corrected chi connectivity index (χ1v) is 6.78. The molecule has 6 heteroatoms. The van der Waals surface area contributed by atoms with Gasteiger partial charge in [-0.15, -0.1) is 0 Å². The summed E-state index contributed by atoms with van der Waals surface area (Å²) in [4.78, 5) is 13.2. The van der Waals surface area contributed by atoms with E-state index in [0.717, 1.165) is 18.2 Å². The lowest BCUT2D eigenvalue weighted by molar-refractivity contribution is -0.0315. The Kier molecular flexibility index (Phi) is 4.18. The summed E-state index contributed by atoms with van der Waals surface area (Å²) in [6, 6.07) is 2.96. The van der Waals surface area contributed by atoms with Crippen LogP contribution in [-0.4, -0.2) is 34.8 Å². The maximum atomic E-state index is 13.1. The maximum absolute atomic E-state index is 13.1. The van der Waals surface area contributed by atoms with Crippen molar-refractivity contribution in [2.24, 2.45) is 5.92 Å². The van der Waals surface area contributed by atoms with Gasteiger partial charge in [0.1, 0.15) is 17.2 Å². The van der Waals surface area contributed by atoms with Gasteiger partial charge in [0.05, 0.1) is 6.10 Å². The first kappa shape index (κ1) is 15.7. The molecule has 116 valence electrons. The number of amides is 1. The number of ether oxygens (including phenoxy) is 1. The van der Waals surface area contributed by atoms with Gasteiger partial charge in [-0.1, -0.05) is 0 Å². The zero-order valence-electron chi connectivity index (χ0n) is 12.3. The van der Waals surface area contributed by atoms with E-state index in [0.29, 0.717) is 13.1 Å². The van der Waals surface area contributed by atoms with Gasteiger partial charge >= 0.3 is 6.09 Å². The number of halogens is 2. The lowest BCUT2D eigenvalue weighted by Gasteiger charge is -2.42. The molecule has 1 fully saturated rings. The third kappa shape index (κ3) is 3.91. The molecule has 1 heterocycles. The number of aliphatic hydroxyl groups excluding tert-OH is 1. The van der Waals surface area contributed by atoms with Crippen molar-refractivity contribution < 1.29 is 23.4 Å². The molecule has 0 saturated carbocycles. The number of hydrogen-bond donors (Lipinski definition) is 1. The number of rotatable bonds is 2. The van der Waals surface area contributed by atoms with Gasteiger partial charge in [-0.3, -0.25) is 0 Å². The highest BCUT2D eigenvalue weighted by Gasteiger charge is 2.38. The van der Waals surface area contributed by atoms with Crippen LogP contribution in [0.5, 0.6) is 0 Å². The zero-order valence-corrected chi connectivity index (χ0v) is 12.3. The van der Waals surface area contributed by atoms with E-state index in [2.05, 4.69) is 0 Å². The van der Waals surface area contributed by atoms with E-state index in [4.69, 9.17) is 4.74 Å². The van der Waals surface area contributed by atoms with Crippen LogP contribution >= 0.6 is 0 Å². The molecular weight excluding hydrogens is 280 g/mol. The van der Waals surface area contributed by atoms with Crippen molar-refractivity contribution in [3.05, 3.63) is 35.4 Å². The number of benzene rings is 1. The van der Waals surface area contributed by atoms with E-state index in [9.17, 15) is 18.7 Å². The molecule has 1 saturated heterocycles. The number of hydrogen-bond acceptors (Lipinski definition) is 3. The zero-order chi connectivity index (χ0) is 15.8. The second-order valence-electron chi connectivity index (χ2n) is 6.29. The number of carbonyl (C=O) groups is 1. The average molecular weight is 299 g/mol. The number of nitrogens with zero attached hydrogens (tertiary/aromatic N) is 1. The monoisotopic (exact) mass is 299 g/mol. The first-order valence-electron chi connectivity index (χ1n) is 6.78. The summed E-state index contributed by atoms with van der Waals surface area (Å²) in [5.41, 5.74) is -0.395. The van der Waals surface area contributed by atoms with Gasteiger partial charge in [-0.2, -0.15) is 0 Å². The molecule has 1 aromatic rings. The lowest BCUT2D eigenvalue weighted by atomic mass is 9.89. The van der Waals surface area contributed by atoms with Crippen LogP contribution in [0.15, 0.2) is 18.2 Å². The molecule has 1 atom stereocenters. The van der Waals surface area contributed by atoms with E-state index in [-0.39, 0.29) is 11.5 Å². The van der Waals surface area contributed by atoms with Crippen molar-refractivity contribution in [1.29, 1.82) is 0 Å². The Balaban J connectivity index is 1.93. The Morgan fingerprint density at radius 1 is 1.29 bits per heavy atom. The Morgan fingerprint density at radius 2 is 1.81 bits per heavy atom. The van der Waals surface area contributed by atoms with Crippen LogP contribution in [0, 0.1) is 17.6 Å². The number of likely N-dealkylation sites (tertiary alicyclic amines) is 1. The summed E-state index contributed by atoms with van der Waals surface area (Å²) < 4.78 is 31.5. The molecule has 21 heavy (non-hydrogen) atoms. The topological polar surface area (TPSA) is 49.8 Å². The van der Waals surface area contributed by atoms with Crippen molar-refractivity contribution in [2.45, 2.75) is 32.5 Å². The predicted molar refractivity (Wildman–Crippen MR) is 72.6 cm³/mol. The molecule has 0 unspecified atom stereocenters. The summed E-state index contributed by atoms with van der Waals surface area (Å²) in [5.74, 6) is -1.71. The fourth-order valence-corrected chi connectivity index (χ4v) is 2.21. The highest BCUT2D eigenvalue weighted by Crippen LogP contribution is 2.31. The minimum absolute atomic E-state index is 0.182. The van der Waals surface area contributed by atoms with Crippen molar-refractivity contribution in [1.82, 2.24) is 4.90 Å². The minimum atomic E-state index is -1.01. The summed E-state index contributed by atoms with van der Waals surface area (Å²) in [6.07, 6.45) is -1.45. The van der Waals surface area contributed by atoms with Gasteiger partial charge in [0.25, 0.3) is 0 Å². The number of aliphatic hydroxyl groups is 1. The van der Waals surface area contributed by atoms with Crippen LogP contribution in [0.3, 0.4) is 0 Å². The molecule has 0 bridgehead atoms. The van der Waals surface area contributed by atoms with Crippen LogP contribution in [-0.2, 0) is 4.74 Å². The van der Waals surface area contributed by atoms with Crippen LogP contribution < -0.4 is 0 Å². The maximum Gasteiger partial charge on any atom is 0.410 e. The minimum Gasteiger partial charge on any atom is -0.444 e. The molecule has 0 radical (unpaired) electrons. The van der Waals surface area contributed by atoms with Crippen molar-refractivity contribution in [3.63, 3.8) is 0 Å². The summed E-state index contributed by atoms with van der Waals surface area (Å²) in [6.45, 7) is 5.91. The van der Waals surface area contributed by atoms with Crippen LogP contribution in [0.1, 0.15) is 32.4 Å². The van der Waals surface area contributed by atoms with E-state index < -0.39 is 29.4 Å². The van der Waals surface area contributed by atoms with Crippen LogP contribution in [0.4, 0.5) is 13.6 Å². The molecule has 1 amide bonds. The summed E-state index contributed by atoms with van der Waals surface area (Å²) in [7, 11) is 0. The molecule has 0 aromatic heterocycles. The number of carbonyl (C=O) groups excluding carboxylic acids is 1. The normalized spacial score (nSPS) is 17.3. The summed E-state index contributed by atoms with van der Waals surface area (Å²) >= 11 is 0. The Morgan fingerprint density at radius 3 is 2.29 bits per heavy atom. The van der Waals surface area contributed by atoms with Gasteiger partial charge in [0.2, 0.25) is 0 Å². The van der Waals surface area contributed by atoms with Gasteiger partial charge in [0.15, 0.2) is 0 Å². The van der Waals surface area contributed by atoms with Gasteiger partial charge in [-0.05, 0) is 38.5 Å². The SMILES string of the molecule is CC(C)(C)OC(=O)N1CC([C@@H](O)c2cc(F)cc(F)c2)C1. The van der Waals surface area contributed by atoms with Crippen LogP contribution in [0.25, 0.3) is 0 Å². The third-order valence-electron chi connectivity index (χ3n) is 3.23. The largest absolute Gasteiger partial charge is 0.444 e. The summed E-state index contributed by atoms with van der Waals surface area (Å²) in [5, 5.41) is 10.1. The standard InChI is InChI=1S/C15H19F2NO3/c1-15(2,3)21-14(20)18-7-10(8-18)13(19)9-4-11(16)6-12(17)5-9/h4-6,10,13,19H,7-8H2,1-3H3/t13-/m0/s1. The van der Waals surface area contributed by atoms with Crippen LogP contribution in [0.2, 0.25) is 0 Å². The molecule has 1 N–H and O–H groups in total. The van der Waals surface area contributed by atoms with E-state index in [1.165, 1.54) is 4.90 Å². The fraction of sp³-hybridized carbons (Fsp3) is 0.533. The molecule has 1 aromatic carbocycles. The van der Waals surface area contributed by atoms with Gasteiger partial charge in [0, 0.05) is 25.1 Å². The molecule has 1 aliphatic rings. The lowest BCUT2D eigenvalue weighted by Crippen LogP contribution is -2.53. The van der Waals surface area contributed by atoms with Gasteiger partial charge in [-0.25, -0.2) is 13.6 Å². The first-order chi connectivity index (χ1) is 9.65. The average Bonchev–Trinajstić information content (AvgIpc) is 2.22. The van der Waals surface area contributed by atoms with Gasteiger partial charge < -0.3 is 14.7 Å². The molecule has 2 rings (SSSR count). The highest BCUT2D eigenvalue weighted by atomic mass is 19.1. The highest BCUT2D eigenvalue weighted by molar-refractivity contribution is 5.69. The van der Waals surface area contributed by atoms with Crippen molar-refractivity contribution in [2.75, 3.05) is 13.1 Å². The molecule has 4 nitrogen and oxygen atoms in total. The van der Waals surface area contributed by atoms with Crippen molar-refractivity contribution >= 4 is 6.09 Å². The smallest absolute Gasteiger partial charge is 0.410 e. The fourth-order valence-electron chi connectivity index (χ4n) is 2.21. The van der Waals surface area contributed by atoms with E-state index in [1.54, 1.807) is 20.8 Å². The quantitative estimate of drug-likeness (QED) is 0.913. The van der Waals surface area contributed by atoms with E-state index >= 15 is 0 Å². The second-order valence-corrected chi connectivity index (χ2v) is 6.29. The Hall–Kier alpha value is -1.69. The molecular formula is C15H19F2NO3. The third-order valence-corrected chi connectivity index (χ3v) is 3.23. The molecule has 1 aliphatic heterocycles. The molecule has 0 spiro atoms. The second kappa shape index (κ2) is 5.60. The molecule has 0 aliphatic carbocycles. The van der Waals surface area contributed by atoms with Crippen molar-refractivity contribution in [3.8, 4) is 0 Å². The Labute approximate surface area is 122 Å². The Bertz CT molecular complexity index is 516. The predicted octanol–water partition coefficient (Wildman–Crippen LogP) is 2.87. The van der Waals surface area contributed by atoms with E-state index in [1.807, 2.05) is 0 Å².